The molecule has 0 saturated heterocycles. The second-order valence-corrected chi connectivity index (χ2v) is 3.69. The molecule has 1 aromatic carbocycles. The van der Waals surface area contributed by atoms with Crippen molar-refractivity contribution in [2.45, 2.75) is 6.42 Å². The quantitative estimate of drug-likeness (QED) is 0.649. The van der Waals surface area contributed by atoms with E-state index in [1.807, 2.05) is 13.1 Å². The molecule has 1 aliphatic carbocycles. The van der Waals surface area contributed by atoms with E-state index in [1.54, 1.807) is 0 Å². The summed E-state index contributed by atoms with van der Waals surface area (Å²) >= 11 is 0. The number of fused-ring (bicyclic) bond motifs is 3. The van der Waals surface area contributed by atoms with Gasteiger partial charge in [0.1, 0.15) is 5.82 Å². The molecule has 0 unspecified atom stereocenters. The minimum absolute atomic E-state index is 0.835. The summed E-state index contributed by atoms with van der Waals surface area (Å²) < 4.78 is 0. The second kappa shape index (κ2) is 3.05. The van der Waals surface area contributed by atoms with E-state index in [1.165, 1.54) is 16.7 Å². The van der Waals surface area contributed by atoms with Gasteiger partial charge in [-0.05, 0) is 17.2 Å². The summed E-state index contributed by atoms with van der Waals surface area (Å²) in [6.07, 6.45) is 0.968. The molecule has 3 nitrogen and oxygen atoms in total. The predicted octanol–water partition coefficient (Wildman–Crippen LogP) is 2.09. The SMILES string of the molecule is CNc1cc2c(nn1)-c1ccccc1C2. The Labute approximate surface area is 88.2 Å². The molecule has 3 heteroatoms. The van der Waals surface area contributed by atoms with Gasteiger partial charge in [-0.3, -0.25) is 0 Å². The highest BCUT2D eigenvalue weighted by molar-refractivity contribution is 5.73. The molecule has 2 aromatic rings. The van der Waals surface area contributed by atoms with E-state index < -0.39 is 0 Å². The first kappa shape index (κ1) is 8.41. The van der Waals surface area contributed by atoms with Gasteiger partial charge in [0.2, 0.25) is 0 Å². The second-order valence-electron chi connectivity index (χ2n) is 3.69. The van der Waals surface area contributed by atoms with E-state index >= 15 is 0 Å². The average Bonchev–Trinajstić information content (AvgIpc) is 2.66. The highest BCUT2D eigenvalue weighted by Crippen LogP contribution is 2.34. The Morgan fingerprint density at radius 2 is 2.00 bits per heavy atom. The third kappa shape index (κ3) is 1.20. The van der Waals surface area contributed by atoms with Crippen molar-refractivity contribution in [3.63, 3.8) is 0 Å². The first-order valence-electron chi connectivity index (χ1n) is 5.01. The number of hydrogen-bond donors (Lipinski definition) is 1. The molecule has 1 aromatic heterocycles. The van der Waals surface area contributed by atoms with E-state index in [9.17, 15) is 0 Å². The van der Waals surface area contributed by atoms with E-state index in [2.05, 4.69) is 39.8 Å². The van der Waals surface area contributed by atoms with Crippen molar-refractivity contribution in [2.75, 3.05) is 12.4 Å². The smallest absolute Gasteiger partial charge is 0.148 e. The Morgan fingerprint density at radius 3 is 2.87 bits per heavy atom. The molecule has 0 aliphatic heterocycles. The predicted molar refractivity (Wildman–Crippen MR) is 59.8 cm³/mol. The number of nitrogens with one attached hydrogen (secondary N) is 1. The van der Waals surface area contributed by atoms with Crippen LogP contribution in [0.25, 0.3) is 11.3 Å². The Hall–Kier alpha value is -1.90. The van der Waals surface area contributed by atoms with Gasteiger partial charge in [0.15, 0.2) is 0 Å². The maximum atomic E-state index is 4.26. The van der Waals surface area contributed by atoms with Gasteiger partial charge in [0, 0.05) is 19.0 Å². The minimum atomic E-state index is 0.835. The lowest BCUT2D eigenvalue weighted by molar-refractivity contribution is 1.03. The number of aromatic nitrogens is 2. The molecule has 0 amide bonds. The molecule has 74 valence electrons. The van der Waals surface area contributed by atoms with E-state index in [-0.39, 0.29) is 0 Å². The van der Waals surface area contributed by atoms with Crippen LogP contribution in [0.1, 0.15) is 11.1 Å². The lowest BCUT2D eigenvalue weighted by atomic mass is 10.1. The molecule has 0 atom stereocenters. The third-order valence-electron chi connectivity index (χ3n) is 2.78. The summed E-state index contributed by atoms with van der Waals surface area (Å²) in [7, 11) is 1.86. The fourth-order valence-corrected chi connectivity index (χ4v) is 2.02. The molecule has 0 fully saturated rings. The normalized spacial score (nSPS) is 12.1. The van der Waals surface area contributed by atoms with Crippen LogP contribution in [0.2, 0.25) is 0 Å². The van der Waals surface area contributed by atoms with Crippen molar-refractivity contribution in [1.29, 1.82) is 0 Å². The van der Waals surface area contributed by atoms with Crippen LogP contribution >= 0.6 is 0 Å². The summed E-state index contributed by atoms with van der Waals surface area (Å²) in [4.78, 5) is 0. The largest absolute Gasteiger partial charge is 0.372 e. The van der Waals surface area contributed by atoms with Gasteiger partial charge in [0.25, 0.3) is 0 Å². The summed E-state index contributed by atoms with van der Waals surface area (Å²) in [5.41, 5.74) is 4.86. The number of anilines is 1. The van der Waals surface area contributed by atoms with Crippen LogP contribution in [-0.2, 0) is 6.42 Å². The number of rotatable bonds is 1. The topological polar surface area (TPSA) is 37.8 Å². The number of nitrogens with zero attached hydrogens (tertiary/aromatic N) is 2. The van der Waals surface area contributed by atoms with Gasteiger partial charge >= 0.3 is 0 Å². The molecule has 0 saturated carbocycles. The summed E-state index contributed by atoms with van der Waals surface area (Å²) in [5, 5.41) is 11.4. The van der Waals surface area contributed by atoms with Crippen LogP contribution in [0.5, 0.6) is 0 Å². The van der Waals surface area contributed by atoms with Gasteiger partial charge in [-0.2, -0.15) is 0 Å². The van der Waals surface area contributed by atoms with Crippen molar-refractivity contribution < 1.29 is 0 Å². The van der Waals surface area contributed by atoms with Crippen molar-refractivity contribution in [2.24, 2.45) is 0 Å². The number of hydrogen-bond acceptors (Lipinski definition) is 3. The first-order valence-corrected chi connectivity index (χ1v) is 5.01. The van der Waals surface area contributed by atoms with Crippen molar-refractivity contribution >= 4 is 5.82 Å². The van der Waals surface area contributed by atoms with Crippen molar-refractivity contribution in [3.05, 3.63) is 41.5 Å². The van der Waals surface area contributed by atoms with E-state index in [0.717, 1.165) is 17.9 Å². The molecule has 3 rings (SSSR count). The fourth-order valence-electron chi connectivity index (χ4n) is 2.02. The Balaban J connectivity index is 2.18. The third-order valence-corrected chi connectivity index (χ3v) is 2.78. The molecule has 15 heavy (non-hydrogen) atoms. The highest BCUT2D eigenvalue weighted by atomic mass is 15.2. The Morgan fingerprint density at radius 1 is 1.13 bits per heavy atom. The zero-order chi connectivity index (χ0) is 10.3. The Bertz CT molecular complexity index is 520. The molecule has 1 aliphatic rings. The van der Waals surface area contributed by atoms with Crippen LogP contribution in [0.3, 0.4) is 0 Å². The van der Waals surface area contributed by atoms with Crippen molar-refractivity contribution in [1.82, 2.24) is 10.2 Å². The van der Waals surface area contributed by atoms with Crippen LogP contribution in [-0.4, -0.2) is 17.2 Å². The van der Waals surface area contributed by atoms with E-state index in [0.29, 0.717) is 0 Å². The molecule has 0 bridgehead atoms. The number of benzene rings is 1. The van der Waals surface area contributed by atoms with Gasteiger partial charge in [-0.1, -0.05) is 24.3 Å². The summed E-state index contributed by atoms with van der Waals surface area (Å²) in [5.74, 6) is 0.835. The molecular formula is C12H11N3. The molecule has 0 spiro atoms. The first-order chi connectivity index (χ1) is 7.38. The van der Waals surface area contributed by atoms with Gasteiger partial charge in [-0.25, -0.2) is 0 Å². The highest BCUT2D eigenvalue weighted by Gasteiger charge is 2.19. The Kier molecular flexibility index (Phi) is 1.71. The lowest BCUT2D eigenvalue weighted by Crippen LogP contribution is -1.96. The van der Waals surface area contributed by atoms with Crippen molar-refractivity contribution in [3.8, 4) is 11.3 Å². The fraction of sp³-hybridized carbons (Fsp3) is 0.167. The molecule has 1 N–H and O–H groups in total. The molecule has 0 radical (unpaired) electrons. The monoisotopic (exact) mass is 197 g/mol. The molecular weight excluding hydrogens is 186 g/mol. The maximum Gasteiger partial charge on any atom is 0.148 e. The van der Waals surface area contributed by atoms with Crippen LogP contribution in [0, 0.1) is 0 Å². The standard InChI is InChI=1S/C12H11N3/c1-13-11-7-9-6-8-4-2-3-5-10(8)12(9)15-14-11/h2-5,7H,6H2,1H3,(H,13,14). The molecule has 1 heterocycles. The lowest BCUT2D eigenvalue weighted by Gasteiger charge is -2.01. The minimum Gasteiger partial charge on any atom is -0.372 e. The van der Waals surface area contributed by atoms with Gasteiger partial charge < -0.3 is 5.32 Å². The zero-order valence-electron chi connectivity index (χ0n) is 8.49. The average molecular weight is 197 g/mol. The van der Waals surface area contributed by atoms with Gasteiger partial charge in [0.05, 0.1) is 5.69 Å². The van der Waals surface area contributed by atoms with Crippen LogP contribution < -0.4 is 5.32 Å². The maximum absolute atomic E-state index is 4.26. The van der Waals surface area contributed by atoms with Crippen LogP contribution in [0.4, 0.5) is 5.82 Å². The summed E-state index contributed by atoms with van der Waals surface area (Å²) in [6, 6.07) is 10.4. The van der Waals surface area contributed by atoms with Gasteiger partial charge in [-0.15, -0.1) is 10.2 Å². The van der Waals surface area contributed by atoms with Crippen LogP contribution in [0.15, 0.2) is 30.3 Å². The summed E-state index contributed by atoms with van der Waals surface area (Å²) in [6.45, 7) is 0. The van der Waals surface area contributed by atoms with E-state index in [4.69, 9.17) is 0 Å². The zero-order valence-corrected chi connectivity index (χ0v) is 8.49.